The van der Waals surface area contributed by atoms with E-state index in [1.807, 2.05) is 6.07 Å². The van der Waals surface area contributed by atoms with Crippen LogP contribution in [0.25, 0.3) is 22.0 Å². The van der Waals surface area contributed by atoms with Crippen molar-refractivity contribution in [1.29, 1.82) is 0 Å². The molecule has 1 heterocycles. The van der Waals surface area contributed by atoms with Crippen LogP contribution in [0.5, 0.6) is 0 Å². The lowest BCUT2D eigenvalue weighted by atomic mass is 9.92. The van der Waals surface area contributed by atoms with E-state index in [0.717, 1.165) is 24.1 Å². The quantitative estimate of drug-likeness (QED) is 0.688. The van der Waals surface area contributed by atoms with Crippen LogP contribution < -0.4 is 0 Å². The predicted octanol–water partition coefficient (Wildman–Crippen LogP) is 4.66. The summed E-state index contributed by atoms with van der Waals surface area (Å²) >= 11 is 0. The number of rotatable bonds is 1. The summed E-state index contributed by atoms with van der Waals surface area (Å²) in [6.07, 6.45) is 2.64. The molecule has 0 unspecified atom stereocenters. The molecular formula is C19H17NO. The molecule has 0 spiro atoms. The maximum Gasteiger partial charge on any atom is 0.179 e. The van der Waals surface area contributed by atoms with Gasteiger partial charge in [0.1, 0.15) is 0 Å². The molecule has 1 aliphatic carbocycles. The van der Waals surface area contributed by atoms with Crippen molar-refractivity contribution in [1.82, 2.24) is 4.98 Å². The molecule has 0 atom stereocenters. The standard InChI is InChI=1S/C19H17NO/c1-12-10-14(13-6-3-2-4-7-13)11-16-15-8-5-9-17(21)19(15)20-18(12)16/h2-4,6-7,10-11,20H,5,8-9H2,1H3. The molecule has 1 N–H and O–H groups in total. The Balaban J connectivity index is 1.99. The van der Waals surface area contributed by atoms with Crippen molar-refractivity contribution in [3.8, 4) is 11.1 Å². The lowest BCUT2D eigenvalue weighted by Gasteiger charge is -2.10. The Morgan fingerprint density at radius 2 is 1.81 bits per heavy atom. The maximum absolute atomic E-state index is 12.1. The molecule has 0 saturated carbocycles. The van der Waals surface area contributed by atoms with E-state index in [1.165, 1.54) is 27.6 Å². The fraction of sp³-hybridized carbons (Fsp3) is 0.211. The monoisotopic (exact) mass is 275 g/mol. The fourth-order valence-corrected chi connectivity index (χ4v) is 3.37. The number of carbonyl (C=O) groups is 1. The number of aryl methyl sites for hydroxylation is 2. The van der Waals surface area contributed by atoms with Gasteiger partial charge < -0.3 is 4.98 Å². The van der Waals surface area contributed by atoms with Crippen LogP contribution >= 0.6 is 0 Å². The van der Waals surface area contributed by atoms with Crippen molar-refractivity contribution >= 4 is 16.7 Å². The summed E-state index contributed by atoms with van der Waals surface area (Å²) in [4.78, 5) is 15.5. The molecule has 1 aliphatic rings. The molecule has 0 bridgehead atoms. The van der Waals surface area contributed by atoms with E-state index in [-0.39, 0.29) is 5.78 Å². The molecule has 21 heavy (non-hydrogen) atoms. The first-order valence-corrected chi connectivity index (χ1v) is 7.48. The second-order valence-electron chi connectivity index (χ2n) is 5.84. The van der Waals surface area contributed by atoms with Gasteiger partial charge in [0.05, 0.1) is 5.69 Å². The van der Waals surface area contributed by atoms with Crippen molar-refractivity contribution in [2.75, 3.05) is 0 Å². The van der Waals surface area contributed by atoms with E-state index in [4.69, 9.17) is 0 Å². The number of Topliss-reactive ketones (excluding diaryl/α,β-unsaturated/α-hetero) is 1. The van der Waals surface area contributed by atoms with Gasteiger partial charge in [-0.2, -0.15) is 0 Å². The lowest BCUT2D eigenvalue weighted by Crippen LogP contribution is -2.09. The van der Waals surface area contributed by atoms with Gasteiger partial charge in [0, 0.05) is 17.3 Å². The fourth-order valence-electron chi connectivity index (χ4n) is 3.37. The summed E-state index contributed by atoms with van der Waals surface area (Å²) in [5, 5.41) is 1.22. The van der Waals surface area contributed by atoms with Crippen molar-refractivity contribution in [2.45, 2.75) is 26.2 Å². The average Bonchev–Trinajstić information content (AvgIpc) is 2.89. The number of nitrogens with one attached hydrogen (secondary N) is 1. The summed E-state index contributed by atoms with van der Waals surface area (Å²) in [6, 6.07) is 14.8. The van der Waals surface area contributed by atoms with Crippen LogP contribution in [0.1, 0.15) is 34.5 Å². The Morgan fingerprint density at radius 1 is 1.00 bits per heavy atom. The van der Waals surface area contributed by atoms with Gasteiger partial charge in [-0.05, 0) is 54.2 Å². The number of hydrogen-bond acceptors (Lipinski definition) is 1. The molecular weight excluding hydrogens is 258 g/mol. The zero-order valence-corrected chi connectivity index (χ0v) is 12.1. The first-order valence-electron chi connectivity index (χ1n) is 7.48. The normalized spacial score (nSPS) is 14.4. The van der Waals surface area contributed by atoms with E-state index in [0.29, 0.717) is 6.42 Å². The molecule has 3 aromatic rings. The number of carbonyl (C=O) groups excluding carboxylic acids is 1. The molecule has 2 aromatic carbocycles. The smallest absolute Gasteiger partial charge is 0.179 e. The molecule has 2 nitrogen and oxygen atoms in total. The summed E-state index contributed by atoms with van der Waals surface area (Å²) in [5.41, 5.74) is 6.81. The third-order valence-corrected chi connectivity index (χ3v) is 4.43. The topological polar surface area (TPSA) is 32.9 Å². The molecule has 2 heteroatoms. The van der Waals surface area contributed by atoms with Gasteiger partial charge in [0.25, 0.3) is 0 Å². The van der Waals surface area contributed by atoms with Gasteiger partial charge in [-0.3, -0.25) is 4.79 Å². The minimum absolute atomic E-state index is 0.258. The largest absolute Gasteiger partial charge is 0.352 e. The van der Waals surface area contributed by atoms with Crippen molar-refractivity contribution in [3.05, 3.63) is 59.3 Å². The van der Waals surface area contributed by atoms with E-state index in [1.54, 1.807) is 0 Å². The number of H-pyrrole nitrogens is 1. The number of aromatic nitrogens is 1. The summed E-state index contributed by atoms with van der Waals surface area (Å²) < 4.78 is 0. The van der Waals surface area contributed by atoms with Gasteiger partial charge >= 0.3 is 0 Å². The highest BCUT2D eigenvalue weighted by molar-refractivity contribution is 6.04. The Kier molecular flexibility index (Phi) is 2.71. The summed E-state index contributed by atoms with van der Waals surface area (Å²) in [6.45, 7) is 2.11. The molecule has 0 saturated heterocycles. The van der Waals surface area contributed by atoms with Crippen LogP contribution in [-0.2, 0) is 6.42 Å². The molecule has 4 rings (SSSR count). The number of hydrogen-bond donors (Lipinski definition) is 1. The number of ketones is 1. The Hall–Kier alpha value is -2.35. The SMILES string of the molecule is Cc1cc(-c2ccccc2)cc2c3c([nH]c12)C(=O)CCC3. The van der Waals surface area contributed by atoms with Crippen molar-refractivity contribution in [2.24, 2.45) is 0 Å². The third-order valence-electron chi connectivity index (χ3n) is 4.43. The highest BCUT2D eigenvalue weighted by Crippen LogP contribution is 2.34. The Labute approximate surface area is 123 Å². The Bertz CT molecular complexity index is 843. The second kappa shape index (κ2) is 4.59. The Morgan fingerprint density at radius 3 is 2.62 bits per heavy atom. The van der Waals surface area contributed by atoms with Gasteiger partial charge in [-0.25, -0.2) is 0 Å². The van der Waals surface area contributed by atoms with E-state index in [2.05, 4.69) is 48.3 Å². The average molecular weight is 275 g/mol. The van der Waals surface area contributed by atoms with E-state index < -0.39 is 0 Å². The zero-order chi connectivity index (χ0) is 14.4. The summed E-state index contributed by atoms with van der Waals surface area (Å²) in [7, 11) is 0. The molecule has 104 valence electrons. The second-order valence-corrected chi connectivity index (χ2v) is 5.84. The third kappa shape index (κ3) is 1.90. The van der Waals surface area contributed by atoms with E-state index in [9.17, 15) is 4.79 Å². The molecule has 0 amide bonds. The highest BCUT2D eigenvalue weighted by Gasteiger charge is 2.22. The van der Waals surface area contributed by atoms with Gasteiger partial charge in [0.15, 0.2) is 5.78 Å². The van der Waals surface area contributed by atoms with Crippen LogP contribution in [0.2, 0.25) is 0 Å². The molecule has 0 radical (unpaired) electrons. The van der Waals surface area contributed by atoms with Gasteiger partial charge in [0.2, 0.25) is 0 Å². The minimum Gasteiger partial charge on any atom is -0.352 e. The van der Waals surface area contributed by atoms with Crippen LogP contribution in [-0.4, -0.2) is 10.8 Å². The predicted molar refractivity (Wildman–Crippen MR) is 85.7 cm³/mol. The number of aromatic amines is 1. The van der Waals surface area contributed by atoms with Crippen LogP contribution in [0.4, 0.5) is 0 Å². The summed E-state index contributed by atoms with van der Waals surface area (Å²) in [5.74, 6) is 0.258. The minimum atomic E-state index is 0.258. The van der Waals surface area contributed by atoms with Crippen LogP contribution in [0.15, 0.2) is 42.5 Å². The maximum atomic E-state index is 12.1. The van der Waals surface area contributed by atoms with Gasteiger partial charge in [-0.1, -0.05) is 30.3 Å². The number of benzene rings is 2. The van der Waals surface area contributed by atoms with Crippen molar-refractivity contribution in [3.63, 3.8) is 0 Å². The first-order chi connectivity index (χ1) is 10.2. The van der Waals surface area contributed by atoms with Crippen molar-refractivity contribution < 1.29 is 4.79 Å². The number of fused-ring (bicyclic) bond motifs is 3. The van der Waals surface area contributed by atoms with Crippen LogP contribution in [0.3, 0.4) is 0 Å². The lowest BCUT2D eigenvalue weighted by molar-refractivity contribution is 0.0968. The molecule has 0 fully saturated rings. The molecule has 1 aromatic heterocycles. The highest BCUT2D eigenvalue weighted by atomic mass is 16.1. The van der Waals surface area contributed by atoms with E-state index >= 15 is 0 Å². The zero-order valence-electron chi connectivity index (χ0n) is 12.1. The van der Waals surface area contributed by atoms with Crippen LogP contribution in [0, 0.1) is 6.92 Å². The van der Waals surface area contributed by atoms with Gasteiger partial charge in [-0.15, -0.1) is 0 Å². The molecule has 0 aliphatic heterocycles. The first kappa shape index (κ1) is 12.4.